The van der Waals surface area contributed by atoms with E-state index in [0.29, 0.717) is 11.8 Å². The van der Waals surface area contributed by atoms with Gasteiger partial charge in [-0.2, -0.15) is 15.0 Å². The Labute approximate surface area is 183 Å². The van der Waals surface area contributed by atoms with Gasteiger partial charge in [-0.25, -0.2) is 0 Å². The van der Waals surface area contributed by atoms with E-state index in [1.54, 1.807) is 7.11 Å². The number of benzene rings is 2. The summed E-state index contributed by atoms with van der Waals surface area (Å²) in [6, 6.07) is 14.4. The molecule has 0 spiro atoms. The maximum atomic E-state index is 5.96. The number of methoxy groups -OCH3 is 1. The standard InChI is InChI=1S/C23H29N7O/c1-16-4-5-18(14-17(16)2)25-23-27-21(26-22(24)28-23)15-29-10-12-30(13-11-29)19-6-8-20(31-3)9-7-19/h4-9,14H,10-13,15H2,1-3H3,(H3,24,25,26,27,28)/p+1. The lowest BCUT2D eigenvalue weighted by atomic mass is 10.1. The van der Waals surface area contributed by atoms with Crippen molar-refractivity contribution in [1.82, 2.24) is 15.0 Å². The monoisotopic (exact) mass is 420 g/mol. The quantitative estimate of drug-likeness (QED) is 0.559. The molecule has 2 heterocycles. The molecule has 0 amide bonds. The van der Waals surface area contributed by atoms with Gasteiger partial charge in [0.1, 0.15) is 12.3 Å². The van der Waals surface area contributed by atoms with Gasteiger partial charge in [-0.1, -0.05) is 6.07 Å². The molecule has 0 atom stereocenters. The number of aryl methyl sites for hydroxylation is 2. The minimum Gasteiger partial charge on any atom is -0.497 e. The van der Waals surface area contributed by atoms with Gasteiger partial charge in [0.05, 0.1) is 33.3 Å². The maximum absolute atomic E-state index is 5.96. The lowest BCUT2D eigenvalue weighted by molar-refractivity contribution is -0.915. The number of nitrogens with one attached hydrogen (secondary N) is 2. The lowest BCUT2D eigenvalue weighted by Crippen LogP contribution is -3.13. The van der Waals surface area contributed by atoms with E-state index >= 15 is 0 Å². The Hall–Kier alpha value is -3.39. The number of piperazine rings is 1. The van der Waals surface area contributed by atoms with E-state index in [1.165, 1.54) is 21.7 Å². The molecule has 1 aliphatic heterocycles. The molecule has 1 saturated heterocycles. The van der Waals surface area contributed by atoms with Gasteiger partial charge in [0.2, 0.25) is 11.9 Å². The molecule has 31 heavy (non-hydrogen) atoms. The number of nitrogens with two attached hydrogens (primary N) is 1. The van der Waals surface area contributed by atoms with Crippen LogP contribution in [0.25, 0.3) is 0 Å². The molecule has 0 unspecified atom stereocenters. The van der Waals surface area contributed by atoms with Crippen LogP contribution in [0.5, 0.6) is 5.75 Å². The van der Waals surface area contributed by atoms with Crippen LogP contribution in [-0.4, -0.2) is 48.2 Å². The Morgan fingerprint density at radius 2 is 1.74 bits per heavy atom. The molecule has 1 aliphatic rings. The van der Waals surface area contributed by atoms with Gasteiger partial charge in [0, 0.05) is 11.4 Å². The van der Waals surface area contributed by atoms with Crippen molar-refractivity contribution in [2.45, 2.75) is 20.4 Å². The summed E-state index contributed by atoms with van der Waals surface area (Å²) in [6.45, 7) is 8.89. The molecule has 1 aromatic heterocycles. The van der Waals surface area contributed by atoms with Gasteiger partial charge in [0.15, 0.2) is 5.82 Å². The second kappa shape index (κ2) is 9.18. The van der Waals surface area contributed by atoms with Crippen LogP contribution >= 0.6 is 0 Å². The number of quaternary nitrogens is 1. The fourth-order valence-corrected chi connectivity index (χ4v) is 3.80. The molecule has 0 saturated carbocycles. The van der Waals surface area contributed by atoms with E-state index in [9.17, 15) is 0 Å². The van der Waals surface area contributed by atoms with Crippen LogP contribution in [0.15, 0.2) is 42.5 Å². The van der Waals surface area contributed by atoms with Crippen LogP contribution < -0.4 is 25.6 Å². The molecule has 8 nitrogen and oxygen atoms in total. The molecular weight excluding hydrogens is 390 g/mol. The van der Waals surface area contributed by atoms with E-state index in [4.69, 9.17) is 10.5 Å². The average molecular weight is 421 g/mol. The zero-order valence-corrected chi connectivity index (χ0v) is 18.4. The molecule has 0 radical (unpaired) electrons. The van der Waals surface area contributed by atoms with E-state index in [0.717, 1.165) is 44.2 Å². The summed E-state index contributed by atoms with van der Waals surface area (Å²) in [5, 5.41) is 3.26. The summed E-state index contributed by atoms with van der Waals surface area (Å²) in [5.74, 6) is 2.33. The van der Waals surface area contributed by atoms with Crippen LogP contribution in [0.1, 0.15) is 17.0 Å². The summed E-state index contributed by atoms with van der Waals surface area (Å²) in [6.07, 6.45) is 0. The van der Waals surface area contributed by atoms with E-state index in [2.05, 4.69) is 63.3 Å². The maximum Gasteiger partial charge on any atom is 0.232 e. The molecular formula is C23H30N7O+. The van der Waals surface area contributed by atoms with Gasteiger partial charge in [-0.3, -0.25) is 0 Å². The Kier molecular flexibility index (Phi) is 6.18. The molecule has 3 aromatic rings. The first-order chi connectivity index (χ1) is 15.0. The van der Waals surface area contributed by atoms with Gasteiger partial charge < -0.3 is 25.6 Å². The van der Waals surface area contributed by atoms with Crippen LogP contribution in [0.3, 0.4) is 0 Å². The van der Waals surface area contributed by atoms with Crippen molar-refractivity contribution in [2.24, 2.45) is 0 Å². The summed E-state index contributed by atoms with van der Waals surface area (Å²) in [7, 11) is 1.69. The van der Waals surface area contributed by atoms with Crippen LogP contribution in [0.4, 0.5) is 23.3 Å². The highest BCUT2D eigenvalue weighted by molar-refractivity contribution is 5.56. The van der Waals surface area contributed by atoms with Crippen molar-refractivity contribution in [3.05, 3.63) is 59.4 Å². The number of rotatable bonds is 6. The second-order valence-corrected chi connectivity index (χ2v) is 7.97. The molecule has 8 heteroatoms. The van der Waals surface area contributed by atoms with Crippen molar-refractivity contribution in [3.63, 3.8) is 0 Å². The topological polar surface area (TPSA) is 93.6 Å². The normalized spacial score (nSPS) is 14.5. The van der Waals surface area contributed by atoms with E-state index in [-0.39, 0.29) is 5.95 Å². The number of hydrogen-bond acceptors (Lipinski definition) is 7. The van der Waals surface area contributed by atoms with Gasteiger partial charge in [-0.15, -0.1) is 0 Å². The fourth-order valence-electron chi connectivity index (χ4n) is 3.80. The molecule has 162 valence electrons. The highest BCUT2D eigenvalue weighted by Crippen LogP contribution is 2.19. The Morgan fingerprint density at radius 3 is 2.42 bits per heavy atom. The first kappa shape index (κ1) is 20.9. The van der Waals surface area contributed by atoms with Crippen LogP contribution in [0.2, 0.25) is 0 Å². The van der Waals surface area contributed by atoms with Crippen LogP contribution in [-0.2, 0) is 6.54 Å². The third-order valence-electron chi connectivity index (χ3n) is 5.78. The van der Waals surface area contributed by atoms with E-state index in [1.807, 2.05) is 18.2 Å². The highest BCUT2D eigenvalue weighted by Gasteiger charge is 2.22. The molecule has 0 bridgehead atoms. The minimum atomic E-state index is 0.243. The van der Waals surface area contributed by atoms with E-state index < -0.39 is 0 Å². The number of ether oxygens (including phenoxy) is 1. The largest absolute Gasteiger partial charge is 0.497 e. The molecule has 0 aliphatic carbocycles. The minimum absolute atomic E-state index is 0.243. The third kappa shape index (κ3) is 5.21. The molecule has 4 N–H and O–H groups in total. The number of hydrogen-bond donors (Lipinski definition) is 3. The highest BCUT2D eigenvalue weighted by atomic mass is 16.5. The van der Waals surface area contributed by atoms with Crippen molar-refractivity contribution >= 4 is 23.3 Å². The van der Waals surface area contributed by atoms with Crippen molar-refractivity contribution in [3.8, 4) is 5.75 Å². The second-order valence-electron chi connectivity index (χ2n) is 7.97. The predicted octanol–water partition coefficient (Wildman–Crippen LogP) is 1.73. The van der Waals surface area contributed by atoms with Gasteiger partial charge in [0.25, 0.3) is 0 Å². The Balaban J connectivity index is 1.37. The van der Waals surface area contributed by atoms with Crippen LogP contribution in [0, 0.1) is 13.8 Å². The fraction of sp³-hybridized carbons (Fsp3) is 0.348. The SMILES string of the molecule is COc1ccc(N2CC[NH+](Cc3nc(N)nc(Nc4ccc(C)c(C)c4)n3)CC2)cc1. The number of nitrogen functional groups attached to an aromatic ring is 1. The number of nitrogens with zero attached hydrogens (tertiary/aromatic N) is 4. The summed E-state index contributed by atoms with van der Waals surface area (Å²) < 4.78 is 5.25. The lowest BCUT2D eigenvalue weighted by Gasteiger charge is -2.33. The average Bonchev–Trinajstić information content (AvgIpc) is 2.76. The smallest absolute Gasteiger partial charge is 0.232 e. The first-order valence-electron chi connectivity index (χ1n) is 10.6. The van der Waals surface area contributed by atoms with Gasteiger partial charge in [-0.05, 0) is 61.4 Å². The zero-order chi connectivity index (χ0) is 21.8. The summed E-state index contributed by atoms with van der Waals surface area (Å²) >= 11 is 0. The molecule has 1 fully saturated rings. The summed E-state index contributed by atoms with van der Waals surface area (Å²) in [4.78, 5) is 17.1. The Bertz CT molecular complexity index is 1030. The predicted molar refractivity (Wildman–Crippen MR) is 123 cm³/mol. The first-order valence-corrected chi connectivity index (χ1v) is 10.6. The van der Waals surface area contributed by atoms with Crippen molar-refractivity contribution < 1.29 is 9.64 Å². The van der Waals surface area contributed by atoms with Gasteiger partial charge >= 0.3 is 0 Å². The van der Waals surface area contributed by atoms with Crippen molar-refractivity contribution in [1.29, 1.82) is 0 Å². The third-order valence-corrected chi connectivity index (χ3v) is 5.78. The number of aromatic nitrogens is 3. The Morgan fingerprint density at radius 1 is 1.00 bits per heavy atom. The summed E-state index contributed by atoms with van der Waals surface area (Å²) in [5.41, 5.74) is 10.6. The molecule has 4 rings (SSSR count). The molecule has 2 aromatic carbocycles. The van der Waals surface area contributed by atoms with Crippen molar-refractivity contribution in [2.75, 3.05) is 49.2 Å². The zero-order valence-electron chi connectivity index (χ0n) is 18.4. The number of anilines is 4.